The molecule has 2 fully saturated rings. The average molecular weight is 315 g/mol. The molecule has 0 bridgehead atoms. The van der Waals surface area contributed by atoms with Crippen molar-refractivity contribution in [3.05, 3.63) is 17.0 Å². The quantitative estimate of drug-likeness (QED) is 0.813. The van der Waals surface area contributed by atoms with E-state index in [1.165, 1.54) is 24.2 Å². The molecule has 0 amide bonds. The zero-order valence-electron chi connectivity index (χ0n) is 11.4. The lowest BCUT2D eigenvalue weighted by Crippen LogP contribution is -2.37. The molecule has 5 nitrogen and oxygen atoms in total. The van der Waals surface area contributed by atoms with E-state index < -0.39 is 10.0 Å². The van der Waals surface area contributed by atoms with Gasteiger partial charge < -0.3 is 5.73 Å². The number of nitrogens with one attached hydrogen (secondary N) is 1. The molecule has 2 aliphatic rings. The van der Waals surface area contributed by atoms with Gasteiger partial charge in [0.15, 0.2) is 0 Å². The summed E-state index contributed by atoms with van der Waals surface area (Å²) in [4.78, 5) is 3.43. The summed E-state index contributed by atoms with van der Waals surface area (Å²) in [5.41, 5.74) is 5.50. The molecule has 0 aromatic carbocycles. The Hall–Kier alpha value is -0.470. The first-order chi connectivity index (χ1) is 9.58. The highest BCUT2D eigenvalue weighted by atomic mass is 32.2. The molecule has 7 heteroatoms. The van der Waals surface area contributed by atoms with Gasteiger partial charge >= 0.3 is 0 Å². The Morgan fingerprint density at radius 1 is 1.35 bits per heavy atom. The molecule has 1 aliphatic carbocycles. The van der Waals surface area contributed by atoms with Crippen LogP contribution in [0.5, 0.6) is 0 Å². The predicted octanol–water partition coefficient (Wildman–Crippen LogP) is 0.764. The third kappa shape index (κ3) is 3.23. The number of hydrogen-bond donors (Lipinski definition) is 2. The first-order valence-corrected chi connectivity index (χ1v) is 9.43. The maximum atomic E-state index is 12.3. The van der Waals surface area contributed by atoms with Gasteiger partial charge in [0.25, 0.3) is 0 Å². The lowest BCUT2D eigenvalue weighted by atomic mass is 10.3. The van der Waals surface area contributed by atoms with E-state index in [9.17, 15) is 8.42 Å². The standard InChI is InChI=1S/C13H21N3O2S2/c14-7-5-12-3-4-13(19-12)20(17,18)15-10-6-8-16(9-10)11-1-2-11/h3-4,10-11,15H,1-2,5-9,14H2. The number of sulfonamides is 1. The number of nitrogens with zero attached hydrogens (tertiary/aromatic N) is 1. The minimum absolute atomic E-state index is 0.0562. The summed E-state index contributed by atoms with van der Waals surface area (Å²) in [6, 6.07) is 4.31. The fraction of sp³-hybridized carbons (Fsp3) is 0.692. The Morgan fingerprint density at radius 2 is 2.15 bits per heavy atom. The molecule has 2 heterocycles. The minimum atomic E-state index is -3.37. The molecule has 1 saturated heterocycles. The van der Waals surface area contributed by atoms with E-state index in [2.05, 4.69) is 9.62 Å². The monoisotopic (exact) mass is 315 g/mol. The maximum Gasteiger partial charge on any atom is 0.250 e. The Labute approximate surface area is 124 Å². The van der Waals surface area contributed by atoms with Gasteiger partial charge in [0.2, 0.25) is 10.0 Å². The lowest BCUT2D eigenvalue weighted by Gasteiger charge is -2.15. The first kappa shape index (κ1) is 14.5. The Morgan fingerprint density at radius 3 is 2.85 bits per heavy atom. The highest BCUT2D eigenvalue weighted by Gasteiger charge is 2.36. The SMILES string of the molecule is NCCc1ccc(S(=O)(=O)NC2CCN(C3CC3)C2)s1. The molecular weight excluding hydrogens is 294 g/mol. The molecule has 20 heavy (non-hydrogen) atoms. The van der Waals surface area contributed by atoms with Gasteiger partial charge in [-0.05, 0) is 44.4 Å². The molecule has 1 unspecified atom stereocenters. The fourth-order valence-electron chi connectivity index (χ4n) is 2.71. The van der Waals surface area contributed by atoms with Crippen molar-refractivity contribution in [2.45, 2.75) is 42.0 Å². The summed E-state index contributed by atoms with van der Waals surface area (Å²) in [5.74, 6) is 0. The second-order valence-corrected chi connectivity index (χ2v) is 8.70. The van der Waals surface area contributed by atoms with Gasteiger partial charge in [-0.25, -0.2) is 13.1 Å². The summed E-state index contributed by atoms with van der Waals surface area (Å²) >= 11 is 1.32. The molecule has 1 saturated carbocycles. The number of hydrogen-bond acceptors (Lipinski definition) is 5. The third-order valence-electron chi connectivity index (χ3n) is 3.90. The smallest absolute Gasteiger partial charge is 0.250 e. The Balaban J connectivity index is 1.62. The zero-order valence-corrected chi connectivity index (χ0v) is 13.0. The zero-order chi connectivity index (χ0) is 14.2. The van der Waals surface area contributed by atoms with Crippen LogP contribution in [0.3, 0.4) is 0 Å². The van der Waals surface area contributed by atoms with E-state index in [4.69, 9.17) is 5.73 Å². The van der Waals surface area contributed by atoms with Gasteiger partial charge in [-0.3, -0.25) is 4.90 Å². The van der Waals surface area contributed by atoms with E-state index >= 15 is 0 Å². The van der Waals surface area contributed by atoms with Crippen LogP contribution in [0.15, 0.2) is 16.3 Å². The van der Waals surface area contributed by atoms with E-state index in [0.717, 1.165) is 30.8 Å². The number of rotatable bonds is 6. The van der Waals surface area contributed by atoms with Crippen molar-refractivity contribution in [2.24, 2.45) is 5.73 Å². The number of thiophene rings is 1. The molecule has 1 atom stereocenters. The van der Waals surface area contributed by atoms with Gasteiger partial charge in [-0.15, -0.1) is 11.3 Å². The Bertz CT molecular complexity index is 566. The highest BCUT2D eigenvalue weighted by molar-refractivity contribution is 7.91. The van der Waals surface area contributed by atoms with E-state index in [-0.39, 0.29) is 6.04 Å². The van der Waals surface area contributed by atoms with Crippen molar-refractivity contribution in [1.82, 2.24) is 9.62 Å². The first-order valence-electron chi connectivity index (χ1n) is 7.13. The van der Waals surface area contributed by atoms with Crippen LogP contribution in [0.1, 0.15) is 24.1 Å². The molecule has 3 N–H and O–H groups in total. The second kappa shape index (κ2) is 5.73. The number of likely N-dealkylation sites (tertiary alicyclic amines) is 1. The molecule has 0 spiro atoms. The van der Waals surface area contributed by atoms with Gasteiger partial charge in [-0.1, -0.05) is 0 Å². The molecule has 1 aromatic rings. The van der Waals surface area contributed by atoms with E-state index in [0.29, 0.717) is 16.8 Å². The normalized spacial score (nSPS) is 24.4. The van der Waals surface area contributed by atoms with Crippen molar-refractivity contribution in [3.63, 3.8) is 0 Å². The maximum absolute atomic E-state index is 12.3. The summed E-state index contributed by atoms with van der Waals surface area (Å²) in [7, 11) is -3.37. The molecule has 0 radical (unpaired) electrons. The highest BCUT2D eigenvalue weighted by Crippen LogP contribution is 2.30. The third-order valence-corrected chi connectivity index (χ3v) is 7.05. The van der Waals surface area contributed by atoms with Gasteiger partial charge in [0, 0.05) is 30.1 Å². The van der Waals surface area contributed by atoms with Crippen LogP contribution < -0.4 is 10.5 Å². The van der Waals surface area contributed by atoms with Crippen LogP contribution in [0.2, 0.25) is 0 Å². The average Bonchev–Trinajstić information content (AvgIpc) is 2.95. The van der Waals surface area contributed by atoms with Crippen LogP contribution in [0.25, 0.3) is 0 Å². The van der Waals surface area contributed by atoms with Crippen molar-refractivity contribution in [1.29, 1.82) is 0 Å². The Kier molecular flexibility index (Phi) is 4.14. The molecule has 112 valence electrons. The van der Waals surface area contributed by atoms with Crippen LogP contribution in [-0.2, 0) is 16.4 Å². The largest absolute Gasteiger partial charge is 0.330 e. The summed E-state index contributed by atoms with van der Waals surface area (Å²) in [6.07, 6.45) is 4.19. The molecule has 1 aromatic heterocycles. The van der Waals surface area contributed by atoms with Crippen molar-refractivity contribution >= 4 is 21.4 Å². The molecule has 1 aliphatic heterocycles. The minimum Gasteiger partial charge on any atom is -0.330 e. The van der Waals surface area contributed by atoms with Crippen LogP contribution >= 0.6 is 11.3 Å². The van der Waals surface area contributed by atoms with Crippen LogP contribution in [0.4, 0.5) is 0 Å². The van der Waals surface area contributed by atoms with Crippen LogP contribution in [0, 0.1) is 0 Å². The summed E-state index contributed by atoms with van der Waals surface area (Å²) in [5, 5.41) is 0. The van der Waals surface area contributed by atoms with Gasteiger partial charge in [0.05, 0.1) is 0 Å². The predicted molar refractivity (Wildman–Crippen MR) is 80.4 cm³/mol. The number of nitrogens with two attached hydrogens (primary N) is 1. The second-order valence-electron chi connectivity index (χ2n) is 5.59. The lowest BCUT2D eigenvalue weighted by molar-refractivity contribution is 0.322. The summed E-state index contributed by atoms with van der Waals surface area (Å²) < 4.78 is 28.0. The van der Waals surface area contributed by atoms with Gasteiger partial charge in [0.1, 0.15) is 4.21 Å². The van der Waals surface area contributed by atoms with Crippen LogP contribution in [-0.4, -0.2) is 45.0 Å². The molecular formula is C13H21N3O2S2. The molecule has 3 rings (SSSR count). The van der Waals surface area contributed by atoms with E-state index in [1.807, 2.05) is 6.07 Å². The van der Waals surface area contributed by atoms with Crippen molar-refractivity contribution in [3.8, 4) is 0 Å². The van der Waals surface area contributed by atoms with Crippen molar-refractivity contribution < 1.29 is 8.42 Å². The van der Waals surface area contributed by atoms with Crippen molar-refractivity contribution in [2.75, 3.05) is 19.6 Å². The van der Waals surface area contributed by atoms with Gasteiger partial charge in [-0.2, -0.15) is 0 Å². The summed E-state index contributed by atoms with van der Waals surface area (Å²) in [6.45, 7) is 2.41. The van der Waals surface area contributed by atoms with E-state index in [1.54, 1.807) is 6.07 Å². The fourth-order valence-corrected chi connectivity index (χ4v) is 5.36. The topological polar surface area (TPSA) is 75.4 Å².